The topological polar surface area (TPSA) is 106 Å². The van der Waals surface area contributed by atoms with Gasteiger partial charge in [0.1, 0.15) is 5.75 Å². The van der Waals surface area contributed by atoms with Crippen molar-refractivity contribution in [2.24, 2.45) is 11.5 Å². The molecule has 19 heavy (non-hydrogen) atoms. The molecule has 2 aromatic rings. The molecule has 0 aliphatic rings. The average molecular weight is 256 g/mol. The minimum absolute atomic E-state index is 0.0523. The minimum atomic E-state index is -0.701. The van der Waals surface area contributed by atoms with Crippen molar-refractivity contribution in [2.75, 3.05) is 0 Å². The number of rotatable bonds is 3. The second kappa shape index (κ2) is 4.81. The Kier molecular flexibility index (Phi) is 3.20. The highest BCUT2D eigenvalue weighted by atomic mass is 16.3. The van der Waals surface area contributed by atoms with Gasteiger partial charge in [0.05, 0.1) is 5.56 Å². The van der Waals surface area contributed by atoms with Gasteiger partial charge in [-0.05, 0) is 23.8 Å². The van der Waals surface area contributed by atoms with Gasteiger partial charge in [0, 0.05) is 11.1 Å². The number of benzene rings is 2. The van der Waals surface area contributed by atoms with Gasteiger partial charge in [-0.3, -0.25) is 9.59 Å². The highest BCUT2D eigenvalue weighted by molar-refractivity contribution is 5.98. The van der Waals surface area contributed by atoms with Crippen LogP contribution in [0.4, 0.5) is 0 Å². The molecule has 5 N–H and O–H groups in total. The third kappa shape index (κ3) is 2.40. The lowest BCUT2D eigenvalue weighted by Gasteiger charge is -2.08. The van der Waals surface area contributed by atoms with Gasteiger partial charge in [-0.25, -0.2) is 0 Å². The summed E-state index contributed by atoms with van der Waals surface area (Å²) >= 11 is 0. The smallest absolute Gasteiger partial charge is 0.252 e. The van der Waals surface area contributed by atoms with E-state index in [-0.39, 0.29) is 11.3 Å². The Balaban J connectivity index is 2.50. The maximum absolute atomic E-state index is 11.1. The molecule has 0 radical (unpaired) electrons. The molecule has 2 aromatic carbocycles. The number of carbonyl (C=O) groups is 2. The van der Waals surface area contributed by atoms with Crippen molar-refractivity contribution >= 4 is 11.8 Å². The normalized spacial score (nSPS) is 10.1. The van der Waals surface area contributed by atoms with E-state index in [0.717, 1.165) is 0 Å². The lowest BCUT2D eigenvalue weighted by Crippen LogP contribution is -2.11. The summed E-state index contributed by atoms with van der Waals surface area (Å²) in [6.07, 6.45) is 0. The van der Waals surface area contributed by atoms with Crippen LogP contribution in [0.25, 0.3) is 11.1 Å². The van der Waals surface area contributed by atoms with Gasteiger partial charge in [0.25, 0.3) is 5.91 Å². The Bertz CT molecular complexity index is 648. The van der Waals surface area contributed by atoms with E-state index in [0.29, 0.717) is 16.7 Å². The molecule has 0 aliphatic heterocycles. The fraction of sp³-hybridized carbons (Fsp3) is 0. The van der Waals surface area contributed by atoms with Crippen LogP contribution in [0.5, 0.6) is 5.75 Å². The molecule has 0 atom stereocenters. The zero-order chi connectivity index (χ0) is 14.0. The van der Waals surface area contributed by atoms with E-state index in [2.05, 4.69) is 0 Å². The predicted molar refractivity (Wildman–Crippen MR) is 70.6 cm³/mol. The maximum Gasteiger partial charge on any atom is 0.252 e. The van der Waals surface area contributed by atoms with Gasteiger partial charge >= 0.3 is 0 Å². The zero-order valence-corrected chi connectivity index (χ0v) is 9.96. The summed E-state index contributed by atoms with van der Waals surface area (Å²) in [5, 5.41) is 10.00. The summed E-state index contributed by atoms with van der Waals surface area (Å²) in [6, 6.07) is 11.1. The number of phenols is 1. The number of para-hydroxylation sites is 1. The van der Waals surface area contributed by atoms with E-state index in [1.807, 2.05) is 0 Å². The number of aromatic hydroxyl groups is 1. The molecule has 96 valence electrons. The standard InChI is InChI=1S/C14H12N2O3/c15-13(18)9-6-4-8(5-7-9)10-2-1-3-11(12(10)17)14(16)19/h1-7,17H,(H2,15,18)(H2,16,19). The number of nitrogens with two attached hydrogens (primary N) is 2. The van der Waals surface area contributed by atoms with Gasteiger partial charge in [-0.1, -0.05) is 24.3 Å². The Morgan fingerprint density at radius 2 is 1.53 bits per heavy atom. The molecule has 5 heteroatoms. The second-order valence-corrected chi connectivity index (χ2v) is 4.01. The second-order valence-electron chi connectivity index (χ2n) is 4.01. The largest absolute Gasteiger partial charge is 0.506 e. The fourth-order valence-corrected chi connectivity index (χ4v) is 1.79. The van der Waals surface area contributed by atoms with Gasteiger partial charge in [0.15, 0.2) is 0 Å². The molecule has 0 aromatic heterocycles. The first-order valence-electron chi connectivity index (χ1n) is 5.52. The van der Waals surface area contributed by atoms with Crippen LogP contribution in [-0.2, 0) is 0 Å². The fourth-order valence-electron chi connectivity index (χ4n) is 1.79. The number of hydrogen-bond donors (Lipinski definition) is 3. The maximum atomic E-state index is 11.1. The van der Waals surface area contributed by atoms with E-state index in [1.165, 1.54) is 6.07 Å². The van der Waals surface area contributed by atoms with E-state index in [4.69, 9.17) is 11.5 Å². The molecule has 0 spiro atoms. The molecule has 0 aliphatic carbocycles. The molecule has 0 saturated carbocycles. The van der Waals surface area contributed by atoms with Crippen LogP contribution in [-0.4, -0.2) is 16.9 Å². The summed E-state index contributed by atoms with van der Waals surface area (Å²) in [5.74, 6) is -1.41. The highest BCUT2D eigenvalue weighted by Crippen LogP contribution is 2.31. The van der Waals surface area contributed by atoms with Crippen molar-refractivity contribution in [1.82, 2.24) is 0 Å². The highest BCUT2D eigenvalue weighted by Gasteiger charge is 2.12. The van der Waals surface area contributed by atoms with Crippen LogP contribution in [0.2, 0.25) is 0 Å². The average Bonchev–Trinajstić information content (AvgIpc) is 2.38. The SMILES string of the molecule is NC(=O)c1ccc(-c2cccc(C(N)=O)c2O)cc1. The zero-order valence-electron chi connectivity index (χ0n) is 9.96. The predicted octanol–water partition coefficient (Wildman–Crippen LogP) is 1.26. The molecule has 0 saturated heterocycles. The summed E-state index contributed by atoms with van der Waals surface area (Å²) in [4.78, 5) is 22.1. The number of carbonyl (C=O) groups excluding carboxylic acids is 2. The van der Waals surface area contributed by atoms with Crippen molar-refractivity contribution in [1.29, 1.82) is 0 Å². The van der Waals surface area contributed by atoms with Crippen LogP contribution in [0.3, 0.4) is 0 Å². The molecule has 0 fully saturated rings. The third-order valence-electron chi connectivity index (χ3n) is 2.78. The molecule has 5 nitrogen and oxygen atoms in total. The first-order chi connectivity index (χ1) is 9.00. The summed E-state index contributed by atoms with van der Waals surface area (Å²) < 4.78 is 0. The molecule has 0 bridgehead atoms. The van der Waals surface area contributed by atoms with Crippen molar-refractivity contribution in [3.05, 3.63) is 53.6 Å². The van der Waals surface area contributed by atoms with E-state index in [9.17, 15) is 14.7 Å². The van der Waals surface area contributed by atoms with Gasteiger partial charge in [-0.15, -0.1) is 0 Å². The van der Waals surface area contributed by atoms with Gasteiger partial charge < -0.3 is 16.6 Å². The number of hydrogen-bond acceptors (Lipinski definition) is 3. The van der Waals surface area contributed by atoms with Crippen molar-refractivity contribution in [3.63, 3.8) is 0 Å². The van der Waals surface area contributed by atoms with Crippen LogP contribution < -0.4 is 11.5 Å². The number of primary amides is 2. The van der Waals surface area contributed by atoms with Crippen LogP contribution in [0.1, 0.15) is 20.7 Å². The molecule has 2 amide bonds. The lowest BCUT2D eigenvalue weighted by molar-refractivity contribution is 0.0990. The van der Waals surface area contributed by atoms with Crippen LogP contribution in [0, 0.1) is 0 Å². The Morgan fingerprint density at radius 3 is 2.05 bits per heavy atom. The van der Waals surface area contributed by atoms with E-state index >= 15 is 0 Å². The molecule has 0 heterocycles. The Morgan fingerprint density at radius 1 is 0.895 bits per heavy atom. The molecule has 2 rings (SSSR count). The summed E-state index contributed by atoms with van der Waals surface area (Å²) in [5.41, 5.74) is 11.9. The Hall–Kier alpha value is -2.82. The van der Waals surface area contributed by atoms with Crippen molar-refractivity contribution < 1.29 is 14.7 Å². The quantitative estimate of drug-likeness (QED) is 0.769. The molecular weight excluding hydrogens is 244 g/mol. The van der Waals surface area contributed by atoms with Crippen molar-refractivity contribution in [3.8, 4) is 16.9 Å². The van der Waals surface area contributed by atoms with E-state index < -0.39 is 11.8 Å². The monoisotopic (exact) mass is 256 g/mol. The minimum Gasteiger partial charge on any atom is -0.506 e. The van der Waals surface area contributed by atoms with Crippen LogP contribution >= 0.6 is 0 Å². The van der Waals surface area contributed by atoms with Crippen molar-refractivity contribution in [2.45, 2.75) is 0 Å². The van der Waals surface area contributed by atoms with Crippen LogP contribution in [0.15, 0.2) is 42.5 Å². The van der Waals surface area contributed by atoms with E-state index in [1.54, 1.807) is 36.4 Å². The number of amides is 2. The first kappa shape index (κ1) is 12.6. The Labute approximate surface area is 109 Å². The first-order valence-corrected chi connectivity index (χ1v) is 5.52. The molecular formula is C14H12N2O3. The summed E-state index contributed by atoms with van der Waals surface area (Å²) in [6.45, 7) is 0. The molecule has 0 unspecified atom stereocenters. The third-order valence-corrected chi connectivity index (χ3v) is 2.78. The summed E-state index contributed by atoms with van der Waals surface area (Å²) in [7, 11) is 0. The van der Waals surface area contributed by atoms with Gasteiger partial charge in [0.2, 0.25) is 5.91 Å². The van der Waals surface area contributed by atoms with Gasteiger partial charge in [-0.2, -0.15) is 0 Å². The lowest BCUT2D eigenvalue weighted by atomic mass is 10.00.